The summed E-state index contributed by atoms with van der Waals surface area (Å²) in [7, 11) is 0. The SMILES string of the molecule is CCC(C)(C)C(=O)OCCOCC(O)CNCc1c(O)ccc2c(C)cc(=O)oc12. The molecular weight excluding hydrogens is 390 g/mol. The summed E-state index contributed by atoms with van der Waals surface area (Å²) >= 11 is 0. The van der Waals surface area contributed by atoms with Gasteiger partial charge in [-0.15, -0.1) is 0 Å². The number of carbonyl (C=O) groups excluding carboxylic acids is 1. The highest BCUT2D eigenvalue weighted by atomic mass is 16.6. The number of fused-ring (bicyclic) bond motifs is 1. The number of ether oxygens (including phenoxy) is 2. The lowest BCUT2D eigenvalue weighted by Crippen LogP contribution is -2.31. The number of esters is 1. The Morgan fingerprint density at radius 2 is 2.03 bits per heavy atom. The molecule has 0 bridgehead atoms. The molecule has 1 heterocycles. The molecular formula is C22H31NO7. The van der Waals surface area contributed by atoms with E-state index in [2.05, 4.69) is 5.32 Å². The van der Waals surface area contributed by atoms with Crippen molar-refractivity contribution in [1.82, 2.24) is 5.32 Å². The van der Waals surface area contributed by atoms with E-state index in [9.17, 15) is 19.8 Å². The summed E-state index contributed by atoms with van der Waals surface area (Å²) in [4.78, 5) is 23.5. The van der Waals surface area contributed by atoms with Crippen molar-refractivity contribution in [1.29, 1.82) is 0 Å². The number of phenolic OH excluding ortho intramolecular Hbond substituents is 1. The Morgan fingerprint density at radius 3 is 2.73 bits per heavy atom. The average Bonchev–Trinajstić information content (AvgIpc) is 2.69. The fourth-order valence-electron chi connectivity index (χ4n) is 2.78. The van der Waals surface area contributed by atoms with Crippen molar-refractivity contribution in [2.75, 3.05) is 26.4 Å². The molecule has 0 spiro atoms. The zero-order chi connectivity index (χ0) is 22.3. The van der Waals surface area contributed by atoms with Gasteiger partial charge in [0, 0.05) is 24.5 Å². The molecule has 0 saturated heterocycles. The van der Waals surface area contributed by atoms with Gasteiger partial charge in [-0.3, -0.25) is 4.79 Å². The zero-order valence-corrected chi connectivity index (χ0v) is 18.0. The van der Waals surface area contributed by atoms with Crippen molar-refractivity contribution in [3.05, 3.63) is 39.7 Å². The van der Waals surface area contributed by atoms with Crippen LogP contribution in [-0.2, 0) is 20.8 Å². The number of aryl methyl sites for hydroxylation is 1. The van der Waals surface area contributed by atoms with E-state index in [-0.39, 0.29) is 44.6 Å². The van der Waals surface area contributed by atoms with E-state index in [0.717, 1.165) is 10.9 Å². The first-order chi connectivity index (χ1) is 14.2. The second kappa shape index (κ2) is 10.6. The molecule has 0 aliphatic heterocycles. The summed E-state index contributed by atoms with van der Waals surface area (Å²) in [6.07, 6.45) is -0.106. The summed E-state index contributed by atoms with van der Waals surface area (Å²) in [6, 6.07) is 4.65. The largest absolute Gasteiger partial charge is 0.507 e. The lowest BCUT2D eigenvalue weighted by molar-refractivity contribution is -0.155. The van der Waals surface area contributed by atoms with Crippen LogP contribution in [0.3, 0.4) is 0 Å². The Labute approximate surface area is 175 Å². The third kappa shape index (κ3) is 6.29. The number of carbonyl (C=O) groups is 1. The van der Waals surface area contributed by atoms with Crippen molar-refractivity contribution in [3.63, 3.8) is 0 Å². The third-order valence-electron chi connectivity index (χ3n) is 5.09. The zero-order valence-electron chi connectivity index (χ0n) is 18.0. The normalized spacial score (nSPS) is 12.8. The lowest BCUT2D eigenvalue weighted by atomic mass is 9.91. The van der Waals surface area contributed by atoms with Crippen LogP contribution in [0.15, 0.2) is 27.4 Å². The molecule has 0 amide bonds. The maximum absolute atomic E-state index is 11.8. The van der Waals surface area contributed by atoms with Crippen LogP contribution < -0.4 is 10.9 Å². The second-order valence-electron chi connectivity index (χ2n) is 7.92. The van der Waals surface area contributed by atoms with Crippen LogP contribution in [-0.4, -0.2) is 48.7 Å². The molecule has 1 aromatic heterocycles. The average molecular weight is 421 g/mol. The number of phenols is 1. The maximum Gasteiger partial charge on any atom is 0.336 e. The summed E-state index contributed by atoms with van der Waals surface area (Å²) in [5, 5.41) is 24.0. The van der Waals surface area contributed by atoms with Crippen molar-refractivity contribution in [3.8, 4) is 5.75 Å². The van der Waals surface area contributed by atoms with Crippen LogP contribution in [0, 0.1) is 12.3 Å². The number of aliphatic hydroxyl groups excluding tert-OH is 1. The Morgan fingerprint density at radius 1 is 1.30 bits per heavy atom. The molecule has 0 aliphatic carbocycles. The van der Waals surface area contributed by atoms with Crippen LogP contribution in [0.25, 0.3) is 11.0 Å². The lowest BCUT2D eigenvalue weighted by Gasteiger charge is -2.20. The smallest absolute Gasteiger partial charge is 0.336 e. The van der Waals surface area contributed by atoms with Crippen molar-refractivity contribution in [2.24, 2.45) is 5.41 Å². The minimum Gasteiger partial charge on any atom is -0.507 e. The number of rotatable bonds is 11. The van der Waals surface area contributed by atoms with E-state index in [1.807, 2.05) is 20.8 Å². The molecule has 1 aromatic carbocycles. The highest BCUT2D eigenvalue weighted by molar-refractivity contribution is 5.84. The Balaban J connectivity index is 1.78. The molecule has 8 heteroatoms. The monoisotopic (exact) mass is 421 g/mol. The van der Waals surface area contributed by atoms with Gasteiger partial charge in [0.15, 0.2) is 0 Å². The van der Waals surface area contributed by atoms with Crippen molar-refractivity contribution in [2.45, 2.75) is 46.8 Å². The van der Waals surface area contributed by atoms with Crippen molar-refractivity contribution >= 4 is 16.9 Å². The Hall–Kier alpha value is -2.42. The summed E-state index contributed by atoms with van der Waals surface area (Å²) in [5.74, 6) is -0.265. The topological polar surface area (TPSA) is 118 Å². The molecule has 1 unspecified atom stereocenters. The Kier molecular flexibility index (Phi) is 8.40. The van der Waals surface area contributed by atoms with E-state index in [1.54, 1.807) is 19.1 Å². The molecule has 3 N–H and O–H groups in total. The summed E-state index contributed by atoms with van der Waals surface area (Å²) in [5.41, 5.74) is 0.540. The van der Waals surface area contributed by atoms with Gasteiger partial charge in [-0.2, -0.15) is 0 Å². The van der Waals surface area contributed by atoms with E-state index < -0.39 is 17.1 Å². The number of nitrogens with one attached hydrogen (secondary N) is 1. The van der Waals surface area contributed by atoms with Crippen LogP contribution >= 0.6 is 0 Å². The fraction of sp³-hybridized carbons (Fsp3) is 0.545. The molecule has 0 saturated carbocycles. The van der Waals surface area contributed by atoms with Gasteiger partial charge in [-0.1, -0.05) is 6.92 Å². The quantitative estimate of drug-likeness (QED) is 0.287. The van der Waals surface area contributed by atoms with E-state index in [1.165, 1.54) is 6.07 Å². The maximum atomic E-state index is 11.8. The van der Waals surface area contributed by atoms with Gasteiger partial charge in [-0.25, -0.2) is 4.79 Å². The predicted molar refractivity (Wildman–Crippen MR) is 112 cm³/mol. The molecule has 0 radical (unpaired) electrons. The summed E-state index contributed by atoms with van der Waals surface area (Å²) in [6.45, 7) is 8.17. The molecule has 2 aromatic rings. The molecule has 8 nitrogen and oxygen atoms in total. The van der Waals surface area contributed by atoms with E-state index in [4.69, 9.17) is 13.9 Å². The third-order valence-corrected chi connectivity index (χ3v) is 5.09. The van der Waals surface area contributed by atoms with Gasteiger partial charge in [0.1, 0.15) is 17.9 Å². The number of hydrogen-bond acceptors (Lipinski definition) is 8. The molecule has 30 heavy (non-hydrogen) atoms. The fourth-order valence-corrected chi connectivity index (χ4v) is 2.78. The molecule has 1 atom stereocenters. The van der Waals surface area contributed by atoms with Crippen LogP contribution in [0.5, 0.6) is 5.75 Å². The first-order valence-electron chi connectivity index (χ1n) is 10.0. The highest BCUT2D eigenvalue weighted by Gasteiger charge is 2.26. The number of benzene rings is 1. The van der Waals surface area contributed by atoms with Gasteiger partial charge in [0.25, 0.3) is 0 Å². The van der Waals surface area contributed by atoms with Crippen LogP contribution in [0.1, 0.15) is 38.3 Å². The first kappa shape index (κ1) is 23.9. The molecule has 2 rings (SSSR count). The predicted octanol–water partition coefficient (Wildman–Crippen LogP) is 2.25. The summed E-state index contributed by atoms with van der Waals surface area (Å²) < 4.78 is 15.8. The van der Waals surface area contributed by atoms with Gasteiger partial charge in [-0.05, 0) is 44.9 Å². The molecule has 166 valence electrons. The van der Waals surface area contributed by atoms with Gasteiger partial charge < -0.3 is 29.4 Å². The van der Waals surface area contributed by atoms with Gasteiger partial charge in [0.05, 0.1) is 30.3 Å². The minimum atomic E-state index is -0.793. The van der Waals surface area contributed by atoms with Gasteiger partial charge in [0.2, 0.25) is 0 Å². The number of hydrogen-bond donors (Lipinski definition) is 3. The Bertz CT molecular complexity index is 920. The highest BCUT2D eigenvalue weighted by Crippen LogP contribution is 2.28. The van der Waals surface area contributed by atoms with E-state index in [0.29, 0.717) is 17.6 Å². The first-order valence-corrected chi connectivity index (χ1v) is 10.0. The number of aromatic hydroxyl groups is 1. The van der Waals surface area contributed by atoms with Crippen LogP contribution in [0.4, 0.5) is 0 Å². The number of aliphatic hydroxyl groups is 1. The minimum absolute atomic E-state index is 0.00584. The second-order valence-corrected chi connectivity index (χ2v) is 7.92. The van der Waals surface area contributed by atoms with Crippen molar-refractivity contribution < 1.29 is 28.9 Å². The molecule has 0 aliphatic rings. The van der Waals surface area contributed by atoms with Crippen LogP contribution in [0.2, 0.25) is 0 Å². The molecule has 0 fully saturated rings. The standard InChI is InChI=1S/C22H31NO7/c1-5-22(3,4)21(27)29-9-8-28-13-15(24)11-23-12-17-18(25)7-6-16-14(2)10-19(26)30-20(16)17/h6-7,10,15,23-25H,5,8-9,11-13H2,1-4H3. The van der Waals surface area contributed by atoms with E-state index >= 15 is 0 Å². The van der Waals surface area contributed by atoms with Gasteiger partial charge >= 0.3 is 11.6 Å².